The molecule has 4 heteroatoms. The molecule has 0 unspecified atom stereocenters. The lowest BCUT2D eigenvalue weighted by molar-refractivity contribution is -0.126. The van der Waals surface area contributed by atoms with Crippen LogP contribution in [0.25, 0.3) is 0 Å². The zero-order valence-electron chi connectivity index (χ0n) is 16.6. The second-order valence-electron chi connectivity index (χ2n) is 9.49. The van der Waals surface area contributed by atoms with Gasteiger partial charge in [0, 0.05) is 10.4 Å². The van der Waals surface area contributed by atoms with E-state index in [1.807, 2.05) is 0 Å². The fourth-order valence-electron chi connectivity index (χ4n) is 6.40. The van der Waals surface area contributed by atoms with Gasteiger partial charge in [0.1, 0.15) is 0 Å². The normalized spacial score (nSPS) is 31.7. The summed E-state index contributed by atoms with van der Waals surface area (Å²) < 4.78 is 0. The van der Waals surface area contributed by atoms with Crippen molar-refractivity contribution < 1.29 is 4.79 Å². The van der Waals surface area contributed by atoms with E-state index in [1.165, 1.54) is 54.5 Å². The molecule has 4 fully saturated rings. The maximum atomic E-state index is 12.9. The summed E-state index contributed by atoms with van der Waals surface area (Å²) in [7, 11) is 0. The molecule has 0 spiro atoms. The molecule has 4 saturated carbocycles. The minimum atomic E-state index is 0.0720. The van der Waals surface area contributed by atoms with Crippen molar-refractivity contribution in [1.29, 1.82) is 0 Å². The first kappa shape index (κ1) is 18.4. The van der Waals surface area contributed by atoms with Crippen molar-refractivity contribution in [3.05, 3.63) is 57.8 Å². The first-order chi connectivity index (χ1) is 13.6. The van der Waals surface area contributed by atoms with Gasteiger partial charge in [0.2, 0.25) is 5.91 Å². The van der Waals surface area contributed by atoms with Crippen LogP contribution in [0, 0.1) is 24.7 Å². The Labute approximate surface area is 171 Å². The zero-order valence-corrected chi connectivity index (χ0v) is 17.4. The highest BCUT2D eigenvalue weighted by Crippen LogP contribution is 2.55. The minimum Gasteiger partial charge on any atom is -0.350 e. The van der Waals surface area contributed by atoms with Crippen LogP contribution in [0.3, 0.4) is 0 Å². The first-order valence-electron chi connectivity index (χ1n) is 10.7. The summed E-state index contributed by atoms with van der Waals surface area (Å²) in [6.45, 7) is 2.48. The molecule has 0 aliphatic heterocycles. The minimum absolute atomic E-state index is 0.0720. The number of hydrogen-bond donors (Lipinski definition) is 2. The molecule has 6 rings (SSSR count). The van der Waals surface area contributed by atoms with Crippen LogP contribution < -0.4 is 10.6 Å². The Morgan fingerprint density at radius 3 is 2.29 bits per heavy atom. The van der Waals surface area contributed by atoms with Gasteiger partial charge in [0.25, 0.3) is 0 Å². The van der Waals surface area contributed by atoms with E-state index in [4.69, 9.17) is 0 Å². The highest BCUT2D eigenvalue weighted by atomic mass is 32.1. The molecule has 0 saturated heterocycles. The average Bonchev–Trinajstić information content (AvgIpc) is 3.16. The molecule has 4 aliphatic rings. The van der Waals surface area contributed by atoms with Crippen LogP contribution in [0.1, 0.15) is 60.6 Å². The number of thiophene rings is 1. The molecule has 2 N–H and O–H groups in total. The SMILES string of the molecule is Cc1ccc([C@@H](NCC(=O)NC23CC4CC(CC(C4)C2)C3)c2cccs2)cc1. The summed E-state index contributed by atoms with van der Waals surface area (Å²) >= 11 is 1.74. The van der Waals surface area contributed by atoms with Crippen LogP contribution >= 0.6 is 11.3 Å². The molecule has 0 radical (unpaired) electrons. The van der Waals surface area contributed by atoms with Crippen molar-refractivity contribution in [3.8, 4) is 0 Å². The van der Waals surface area contributed by atoms with Crippen LogP contribution in [0.4, 0.5) is 0 Å². The van der Waals surface area contributed by atoms with Gasteiger partial charge in [-0.25, -0.2) is 0 Å². The van der Waals surface area contributed by atoms with Gasteiger partial charge in [-0.2, -0.15) is 0 Å². The second-order valence-corrected chi connectivity index (χ2v) is 10.5. The van der Waals surface area contributed by atoms with E-state index in [0.29, 0.717) is 6.54 Å². The van der Waals surface area contributed by atoms with E-state index >= 15 is 0 Å². The van der Waals surface area contributed by atoms with Gasteiger partial charge in [-0.3, -0.25) is 10.1 Å². The van der Waals surface area contributed by atoms with E-state index < -0.39 is 0 Å². The van der Waals surface area contributed by atoms with Crippen LogP contribution in [-0.2, 0) is 4.79 Å². The Morgan fingerprint density at radius 1 is 1.07 bits per heavy atom. The van der Waals surface area contributed by atoms with Crippen molar-refractivity contribution >= 4 is 17.2 Å². The summed E-state index contributed by atoms with van der Waals surface area (Å²) in [6.07, 6.45) is 7.83. The number of benzene rings is 1. The van der Waals surface area contributed by atoms with Gasteiger partial charge in [-0.15, -0.1) is 11.3 Å². The van der Waals surface area contributed by atoms with E-state index in [2.05, 4.69) is 59.3 Å². The average molecular weight is 395 g/mol. The predicted molar refractivity (Wildman–Crippen MR) is 114 cm³/mol. The second kappa shape index (κ2) is 7.31. The maximum Gasteiger partial charge on any atom is 0.234 e. The van der Waals surface area contributed by atoms with Crippen molar-refractivity contribution in [3.63, 3.8) is 0 Å². The molecule has 1 aromatic heterocycles. The number of carbonyl (C=O) groups excluding carboxylic acids is 1. The van der Waals surface area contributed by atoms with Crippen molar-refractivity contribution in [2.24, 2.45) is 17.8 Å². The third kappa shape index (κ3) is 3.65. The van der Waals surface area contributed by atoms with Crippen molar-refractivity contribution in [1.82, 2.24) is 10.6 Å². The number of amides is 1. The summed E-state index contributed by atoms with van der Waals surface area (Å²) in [5.74, 6) is 2.72. The summed E-state index contributed by atoms with van der Waals surface area (Å²) in [4.78, 5) is 14.2. The van der Waals surface area contributed by atoms with Crippen molar-refractivity contribution in [2.45, 2.75) is 57.0 Å². The molecular weight excluding hydrogens is 364 g/mol. The maximum absolute atomic E-state index is 12.9. The van der Waals surface area contributed by atoms with E-state index in [1.54, 1.807) is 11.3 Å². The molecule has 1 atom stereocenters. The molecule has 28 heavy (non-hydrogen) atoms. The fourth-order valence-corrected chi connectivity index (χ4v) is 7.22. The molecule has 4 aliphatic carbocycles. The van der Waals surface area contributed by atoms with Crippen molar-refractivity contribution in [2.75, 3.05) is 6.54 Å². The number of hydrogen-bond acceptors (Lipinski definition) is 3. The van der Waals surface area contributed by atoms with Gasteiger partial charge < -0.3 is 5.32 Å². The Kier molecular flexibility index (Phi) is 4.80. The predicted octanol–water partition coefficient (Wildman–Crippen LogP) is 4.82. The highest BCUT2D eigenvalue weighted by molar-refractivity contribution is 7.10. The molecule has 2 aromatic rings. The molecule has 1 amide bonds. The third-order valence-electron chi connectivity index (χ3n) is 7.15. The Balaban J connectivity index is 1.26. The van der Waals surface area contributed by atoms with Gasteiger partial charge in [-0.1, -0.05) is 35.9 Å². The van der Waals surface area contributed by atoms with E-state index in [9.17, 15) is 4.79 Å². The standard InChI is InChI=1S/C24H30N2OS/c1-16-4-6-20(7-5-16)23(21-3-2-8-28-21)25-15-22(27)26-24-12-17-9-18(13-24)11-19(10-17)14-24/h2-8,17-19,23,25H,9-15H2,1H3,(H,26,27)/t17?,18?,19?,23-,24?/m1/s1. The Hall–Kier alpha value is -1.65. The topological polar surface area (TPSA) is 41.1 Å². The summed E-state index contributed by atoms with van der Waals surface area (Å²) in [5.41, 5.74) is 2.57. The van der Waals surface area contributed by atoms with E-state index in [-0.39, 0.29) is 17.5 Å². The van der Waals surface area contributed by atoms with E-state index in [0.717, 1.165) is 17.8 Å². The molecule has 4 bridgehead atoms. The molecule has 1 aromatic carbocycles. The lowest BCUT2D eigenvalue weighted by Gasteiger charge is -2.56. The van der Waals surface area contributed by atoms with Crippen LogP contribution in [0.2, 0.25) is 0 Å². The number of aryl methyl sites for hydroxylation is 1. The molecule has 148 valence electrons. The van der Waals surface area contributed by atoms with Gasteiger partial charge >= 0.3 is 0 Å². The van der Waals surface area contributed by atoms with Crippen LogP contribution in [0.15, 0.2) is 41.8 Å². The summed E-state index contributed by atoms with van der Waals surface area (Å²) in [5, 5.41) is 9.13. The van der Waals surface area contributed by atoms with Crippen LogP contribution in [-0.4, -0.2) is 18.0 Å². The van der Waals surface area contributed by atoms with Gasteiger partial charge in [0.15, 0.2) is 0 Å². The first-order valence-corrected chi connectivity index (χ1v) is 11.6. The molecule has 1 heterocycles. The lowest BCUT2D eigenvalue weighted by atomic mass is 9.53. The largest absolute Gasteiger partial charge is 0.350 e. The number of nitrogens with one attached hydrogen (secondary N) is 2. The molecular formula is C24H30N2OS. The van der Waals surface area contributed by atoms with Gasteiger partial charge in [0.05, 0.1) is 12.6 Å². The monoisotopic (exact) mass is 394 g/mol. The lowest BCUT2D eigenvalue weighted by Crippen LogP contribution is -2.60. The Bertz CT molecular complexity index is 792. The molecule has 3 nitrogen and oxygen atoms in total. The quantitative estimate of drug-likeness (QED) is 0.737. The zero-order chi connectivity index (χ0) is 19.1. The smallest absolute Gasteiger partial charge is 0.234 e. The highest BCUT2D eigenvalue weighted by Gasteiger charge is 2.51. The fraction of sp³-hybridized carbons (Fsp3) is 0.542. The van der Waals surface area contributed by atoms with Gasteiger partial charge in [-0.05, 0) is 80.2 Å². The number of carbonyl (C=O) groups is 1. The van der Waals surface area contributed by atoms with Crippen LogP contribution in [0.5, 0.6) is 0 Å². The number of rotatable bonds is 6. The third-order valence-corrected chi connectivity index (χ3v) is 8.09. The summed E-state index contributed by atoms with van der Waals surface area (Å²) in [6, 6.07) is 12.9. The Morgan fingerprint density at radius 2 is 1.71 bits per heavy atom.